The zero-order valence-electron chi connectivity index (χ0n) is 33.3. The second kappa shape index (κ2) is 40.0. The van der Waals surface area contributed by atoms with Crippen LogP contribution >= 0.6 is 0 Å². The van der Waals surface area contributed by atoms with Crippen molar-refractivity contribution in [2.24, 2.45) is 0 Å². The molecule has 0 N–H and O–H groups in total. The van der Waals surface area contributed by atoms with Gasteiger partial charge in [-0.3, -0.25) is 0 Å². The molecule has 0 bridgehead atoms. The van der Waals surface area contributed by atoms with Gasteiger partial charge in [0, 0.05) is 11.9 Å². The molecule has 0 aliphatic heterocycles. The van der Waals surface area contributed by atoms with E-state index in [1.165, 1.54) is 164 Å². The van der Waals surface area contributed by atoms with E-state index in [1.54, 1.807) is 13.8 Å². The molecule has 0 aromatic rings. The van der Waals surface area contributed by atoms with Crippen LogP contribution in [0.2, 0.25) is 0 Å². The molecule has 6 nitrogen and oxygen atoms in total. The van der Waals surface area contributed by atoms with Gasteiger partial charge in [0.25, 0.3) is 0 Å². The number of hydrogen-bond acceptors (Lipinski definition) is 4. The summed E-state index contributed by atoms with van der Waals surface area (Å²) >= 11 is 0. The highest BCUT2D eigenvalue weighted by Gasteiger charge is 2.25. The molecule has 0 spiro atoms. The number of rotatable bonds is 28. The SMILES string of the molecule is CCCC(=O)[O-].CCCC(=O)[O-].CCCC[N+](CCCC)(CCCC)CCCC.CCCC[N+](CCCC)(CCCC)CCCC. The minimum absolute atomic E-state index is 0.181. The third-order valence-electron chi connectivity index (χ3n) is 8.80. The number of unbranched alkanes of at least 4 members (excludes halogenated alkanes) is 8. The maximum absolute atomic E-state index is 9.49. The molecule has 0 aromatic heterocycles. The van der Waals surface area contributed by atoms with E-state index in [0.717, 1.165) is 0 Å². The molecule has 0 heterocycles. The lowest BCUT2D eigenvalue weighted by Crippen LogP contribution is -2.50. The van der Waals surface area contributed by atoms with Crippen LogP contribution in [0.15, 0.2) is 0 Å². The van der Waals surface area contributed by atoms with Crippen molar-refractivity contribution in [3.05, 3.63) is 0 Å². The van der Waals surface area contributed by atoms with Gasteiger partial charge < -0.3 is 28.8 Å². The van der Waals surface area contributed by atoms with E-state index >= 15 is 0 Å². The molecule has 46 heavy (non-hydrogen) atoms. The molecule has 0 aromatic carbocycles. The van der Waals surface area contributed by atoms with Gasteiger partial charge in [0.05, 0.1) is 52.4 Å². The number of carbonyl (C=O) groups is 2. The average Bonchev–Trinajstić information content (AvgIpc) is 3.04. The predicted molar refractivity (Wildman–Crippen MR) is 199 cm³/mol. The topological polar surface area (TPSA) is 80.3 Å². The van der Waals surface area contributed by atoms with Crippen LogP contribution < -0.4 is 10.2 Å². The molecule has 0 aliphatic rings. The van der Waals surface area contributed by atoms with Crippen molar-refractivity contribution in [1.29, 1.82) is 0 Å². The Morgan fingerprint density at radius 3 is 0.543 bits per heavy atom. The Bertz CT molecular complexity index is 485. The summed E-state index contributed by atoms with van der Waals surface area (Å²) in [4.78, 5) is 19.0. The van der Waals surface area contributed by atoms with Crippen molar-refractivity contribution < 1.29 is 28.8 Å². The number of nitrogens with zero attached hydrogens (tertiary/aromatic N) is 2. The minimum atomic E-state index is -0.961. The third kappa shape index (κ3) is 37.3. The summed E-state index contributed by atoms with van der Waals surface area (Å²) in [6.45, 7) is 33.6. The Morgan fingerprint density at radius 1 is 0.326 bits per heavy atom. The van der Waals surface area contributed by atoms with Gasteiger partial charge in [-0.1, -0.05) is 133 Å². The van der Waals surface area contributed by atoms with Gasteiger partial charge in [0.2, 0.25) is 0 Å². The number of aliphatic carboxylic acids is 2. The lowest BCUT2D eigenvalue weighted by molar-refractivity contribution is -0.929. The predicted octanol–water partition coefficient (Wildman–Crippen LogP) is 9.08. The molecule has 0 saturated heterocycles. The summed E-state index contributed by atoms with van der Waals surface area (Å²) in [6.07, 6.45) is 23.8. The third-order valence-corrected chi connectivity index (χ3v) is 8.80. The van der Waals surface area contributed by atoms with Crippen molar-refractivity contribution in [2.45, 2.75) is 198 Å². The Hall–Kier alpha value is -1.14. The molecule has 0 radical (unpaired) electrons. The first kappa shape index (κ1) is 51.7. The molecule has 0 rings (SSSR count). The van der Waals surface area contributed by atoms with Gasteiger partial charge in [0.1, 0.15) is 0 Å². The van der Waals surface area contributed by atoms with E-state index in [4.69, 9.17) is 0 Å². The molecule has 6 heteroatoms. The Morgan fingerprint density at radius 2 is 0.478 bits per heavy atom. The molecule has 280 valence electrons. The van der Waals surface area contributed by atoms with E-state index in [2.05, 4.69) is 55.4 Å². The summed E-state index contributed by atoms with van der Waals surface area (Å²) in [6, 6.07) is 0. The van der Waals surface area contributed by atoms with Crippen LogP contribution in [0, 0.1) is 0 Å². The van der Waals surface area contributed by atoms with E-state index in [0.29, 0.717) is 12.8 Å². The molecular formula is C40H86N2O4. The average molecular weight is 659 g/mol. The fourth-order valence-corrected chi connectivity index (χ4v) is 5.70. The Labute approximate surface area is 290 Å². The van der Waals surface area contributed by atoms with E-state index in [9.17, 15) is 19.8 Å². The van der Waals surface area contributed by atoms with Crippen molar-refractivity contribution in [1.82, 2.24) is 0 Å². The van der Waals surface area contributed by atoms with Crippen LogP contribution in [-0.2, 0) is 9.59 Å². The summed E-state index contributed by atoms with van der Waals surface area (Å²) in [5.74, 6) is -1.92. The molecule has 0 amide bonds. The highest BCUT2D eigenvalue weighted by Crippen LogP contribution is 2.17. The Kier molecular flexibility index (Phi) is 45.0. The van der Waals surface area contributed by atoms with Crippen LogP contribution in [0.1, 0.15) is 198 Å². The lowest BCUT2D eigenvalue weighted by atomic mass is 10.1. The van der Waals surface area contributed by atoms with E-state index < -0.39 is 11.9 Å². The van der Waals surface area contributed by atoms with Gasteiger partial charge in [-0.25, -0.2) is 0 Å². The zero-order chi connectivity index (χ0) is 36.0. The number of carboxylic acid groups (broad SMARTS) is 2. The molecular weight excluding hydrogens is 572 g/mol. The van der Waals surface area contributed by atoms with Crippen molar-refractivity contribution in [3.8, 4) is 0 Å². The largest absolute Gasteiger partial charge is 0.550 e. The van der Waals surface area contributed by atoms with Crippen molar-refractivity contribution in [2.75, 3.05) is 52.4 Å². The highest BCUT2D eigenvalue weighted by atomic mass is 16.4. The maximum Gasteiger partial charge on any atom is 0.0786 e. The first-order valence-electron chi connectivity index (χ1n) is 20.1. The highest BCUT2D eigenvalue weighted by molar-refractivity contribution is 5.64. The molecule has 0 atom stereocenters. The summed E-state index contributed by atoms with van der Waals surface area (Å²) in [5, 5.41) is 19.0. The van der Waals surface area contributed by atoms with Crippen LogP contribution in [0.4, 0.5) is 0 Å². The van der Waals surface area contributed by atoms with Gasteiger partial charge in [-0.2, -0.15) is 0 Å². The lowest BCUT2D eigenvalue weighted by Gasteiger charge is -2.39. The quantitative estimate of drug-likeness (QED) is 0.0786. The fraction of sp³-hybridized carbons (Fsp3) is 0.950. The van der Waals surface area contributed by atoms with Crippen LogP contribution in [0.3, 0.4) is 0 Å². The summed E-state index contributed by atoms with van der Waals surface area (Å²) in [7, 11) is 0. The van der Waals surface area contributed by atoms with E-state index in [1.807, 2.05) is 0 Å². The maximum atomic E-state index is 9.49. The van der Waals surface area contributed by atoms with Gasteiger partial charge in [-0.05, 0) is 64.2 Å². The van der Waals surface area contributed by atoms with Crippen LogP contribution in [0.5, 0.6) is 0 Å². The zero-order valence-corrected chi connectivity index (χ0v) is 33.3. The van der Waals surface area contributed by atoms with Gasteiger partial charge in [-0.15, -0.1) is 0 Å². The van der Waals surface area contributed by atoms with Gasteiger partial charge >= 0.3 is 0 Å². The van der Waals surface area contributed by atoms with Gasteiger partial charge in [0.15, 0.2) is 0 Å². The number of hydrogen-bond donors (Lipinski definition) is 0. The molecule has 0 unspecified atom stereocenters. The minimum Gasteiger partial charge on any atom is -0.550 e. The number of carboxylic acids is 2. The Balaban J connectivity index is -0.000000284. The first-order chi connectivity index (χ1) is 22.0. The van der Waals surface area contributed by atoms with E-state index in [-0.39, 0.29) is 12.8 Å². The standard InChI is InChI=1S/2C16H36N.2C4H8O2/c2*1-5-9-13-17(14-10-6-2,15-11-7-3)16-12-8-4;2*1-2-3-4(5)6/h2*5-16H2,1-4H3;2*2-3H2,1H3,(H,5,6)/q2*+1;;/p-2. The molecule has 0 aliphatic carbocycles. The number of carbonyl (C=O) groups excluding carboxylic acids is 2. The first-order valence-corrected chi connectivity index (χ1v) is 20.1. The summed E-state index contributed by atoms with van der Waals surface area (Å²) in [5.41, 5.74) is 0. The summed E-state index contributed by atoms with van der Waals surface area (Å²) < 4.78 is 2.84. The normalized spacial score (nSPS) is 11.0. The second-order valence-electron chi connectivity index (χ2n) is 13.5. The van der Waals surface area contributed by atoms with Crippen LogP contribution in [0.25, 0.3) is 0 Å². The number of quaternary nitrogens is 2. The molecule has 0 fully saturated rings. The monoisotopic (exact) mass is 659 g/mol. The van der Waals surface area contributed by atoms with Crippen LogP contribution in [-0.4, -0.2) is 73.3 Å². The fourth-order valence-electron chi connectivity index (χ4n) is 5.70. The molecule has 0 saturated carbocycles. The van der Waals surface area contributed by atoms with Crippen molar-refractivity contribution >= 4 is 11.9 Å². The van der Waals surface area contributed by atoms with Crippen molar-refractivity contribution in [3.63, 3.8) is 0 Å². The second-order valence-corrected chi connectivity index (χ2v) is 13.5. The smallest absolute Gasteiger partial charge is 0.0786 e.